The minimum absolute atomic E-state index is 0.247. The first-order chi connectivity index (χ1) is 30.1. The lowest BCUT2D eigenvalue weighted by atomic mass is 9.83. The Bertz CT molecular complexity index is 3710. The highest BCUT2D eigenvalue weighted by Gasteiger charge is 2.21. The van der Waals surface area contributed by atoms with Crippen molar-refractivity contribution < 1.29 is 4.39 Å². The molecule has 2 radical (unpaired) electrons. The number of aromatic nitrogens is 4. The van der Waals surface area contributed by atoms with Gasteiger partial charge in [0.25, 0.3) is 0 Å². The second-order valence-electron chi connectivity index (χ2n) is 15.6. The van der Waals surface area contributed by atoms with Crippen LogP contribution in [0.25, 0.3) is 115 Å². The van der Waals surface area contributed by atoms with Gasteiger partial charge in [0.2, 0.25) is 0 Å². The van der Waals surface area contributed by atoms with Crippen LogP contribution in [0.1, 0.15) is 0 Å². The molecule has 282 valence electrons. The summed E-state index contributed by atoms with van der Waals surface area (Å²) in [7, 11) is 6.19. The summed E-state index contributed by atoms with van der Waals surface area (Å²) in [5.74, 6) is -0.247. The Morgan fingerprint density at radius 3 is 1.77 bits per heavy atom. The Morgan fingerprint density at radius 1 is 0.393 bits per heavy atom. The zero-order valence-electron chi connectivity index (χ0n) is 32.7. The van der Waals surface area contributed by atoms with Crippen LogP contribution in [0.4, 0.5) is 4.39 Å². The Kier molecular flexibility index (Phi) is 7.94. The van der Waals surface area contributed by atoms with E-state index in [0.717, 1.165) is 121 Å². The summed E-state index contributed by atoms with van der Waals surface area (Å²) in [5.41, 5.74) is 12.4. The van der Waals surface area contributed by atoms with Gasteiger partial charge in [0, 0.05) is 59.1 Å². The number of rotatable bonds is 5. The molecule has 4 aromatic heterocycles. The van der Waals surface area contributed by atoms with Crippen molar-refractivity contribution in [3.8, 4) is 50.2 Å². The molecule has 6 heteroatoms. The highest BCUT2D eigenvalue weighted by molar-refractivity contribution is 6.33. The predicted octanol–water partition coefficient (Wildman–Crippen LogP) is 13.2. The average Bonchev–Trinajstić information content (AvgIpc) is 3.64. The third kappa shape index (κ3) is 5.64. The maximum Gasteiger partial charge on any atom is 0.123 e. The maximum absolute atomic E-state index is 14.4. The first-order valence-corrected chi connectivity index (χ1v) is 20.3. The molecule has 0 aliphatic heterocycles. The Hall–Kier alpha value is -7.96. The van der Waals surface area contributed by atoms with Gasteiger partial charge in [-0.05, 0) is 131 Å². The summed E-state index contributed by atoms with van der Waals surface area (Å²) >= 11 is 0. The molecule has 8 aromatic carbocycles. The van der Waals surface area contributed by atoms with Gasteiger partial charge in [0.1, 0.15) is 13.7 Å². The van der Waals surface area contributed by atoms with Gasteiger partial charge < -0.3 is 4.57 Å². The topological polar surface area (TPSA) is 43.6 Å². The van der Waals surface area contributed by atoms with E-state index in [0.29, 0.717) is 0 Å². The fourth-order valence-electron chi connectivity index (χ4n) is 9.49. The van der Waals surface area contributed by atoms with Crippen molar-refractivity contribution in [2.24, 2.45) is 0 Å². The van der Waals surface area contributed by atoms with E-state index < -0.39 is 0 Å². The minimum Gasteiger partial charge on any atom is -0.308 e. The van der Waals surface area contributed by atoms with Gasteiger partial charge in [-0.2, -0.15) is 0 Å². The van der Waals surface area contributed by atoms with Gasteiger partial charge >= 0.3 is 0 Å². The third-order valence-electron chi connectivity index (χ3n) is 12.2. The molecule has 0 aliphatic rings. The zero-order chi connectivity index (χ0) is 40.6. The second-order valence-corrected chi connectivity index (χ2v) is 15.6. The van der Waals surface area contributed by atoms with Gasteiger partial charge in [-0.3, -0.25) is 15.0 Å². The van der Waals surface area contributed by atoms with Gasteiger partial charge in [-0.25, -0.2) is 4.39 Å². The lowest BCUT2D eigenvalue weighted by Crippen LogP contribution is -1.99. The first-order valence-electron chi connectivity index (χ1n) is 20.3. The summed E-state index contributed by atoms with van der Waals surface area (Å²) < 4.78 is 16.7. The molecule has 0 N–H and O–H groups in total. The number of para-hydroxylation sites is 1. The van der Waals surface area contributed by atoms with Crippen molar-refractivity contribution in [1.29, 1.82) is 0 Å². The monoisotopic (exact) mass is 778 g/mol. The van der Waals surface area contributed by atoms with Crippen molar-refractivity contribution in [3.63, 3.8) is 0 Å². The number of nitrogens with zero attached hydrogens (tertiary/aromatic N) is 4. The van der Waals surface area contributed by atoms with Gasteiger partial charge in [0.05, 0.1) is 16.7 Å². The molecule has 0 saturated carbocycles. The second kappa shape index (κ2) is 13.8. The van der Waals surface area contributed by atoms with Crippen LogP contribution in [0, 0.1) is 5.82 Å². The van der Waals surface area contributed by atoms with E-state index in [2.05, 4.69) is 136 Å². The van der Waals surface area contributed by atoms with Gasteiger partial charge in [0.15, 0.2) is 0 Å². The van der Waals surface area contributed by atoms with Crippen LogP contribution in [0.2, 0.25) is 0 Å². The van der Waals surface area contributed by atoms with Gasteiger partial charge in [-0.15, -0.1) is 0 Å². The van der Waals surface area contributed by atoms with Crippen LogP contribution in [0.15, 0.2) is 195 Å². The van der Waals surface area contributed by atoms with Crippen molar-refractivity contribution >= 4 is 78.2 Å². The number of benzene rings is 8. The first kappa shape index (κ1) is 35.0. The molecule has 0 atom stereocenters. The number of hydrogen-bond donors (Lipinski definition) is 0. The molecule has 4 nitrogen and oxygen atoms in total. The number of halogens is 1. The molecule has 0 saturated heterocycles. The summed E-state index contributed by atoms with van der Waals surface area (Å²) in [6.45, 7) is 0. The number of hydrogen-bond acceptors (Lipinski definition) is 3. The quantitative estimate of drug-likeness (QED) is 0.129. The normalized spacial score (nSPS) is 11.8. The van der Waals surface area contributed by atoms with Crippen molar-refractivity contribution in [2.75, 3.05) is 0 Å². The molecular formula is C55H32BFN4. The summed E-state index contributed by atoms with van der Waals surface area (Å²) in [4.78, 5) is 13.9. The fourth-order valence-corrected chi connectivity index (χ4v) is 9.49. The summed E-state index contributed by atoms with van der Waals surface area (Å²) in [6.07, 6.45) is 11.4. The van der Waals surface area contributed by atoms with Crippen LogP contribution in [0.3, 0.4) is 0 Å². The fraction of sp³-hybridized carbons (Fsp3) is 0. The SMILES string of the molecule is [B]c1ccc2cc(-c3c4ccccc4c(-c4ccc5cc(F)ccc5c4)c4cc(-c5ccncc5-c5cnccc5-n5c6ccccc6c6cnccc65)ccc34)ccc2c1. The molecule has 12 aromatic rings. The van der Waals surface area contributed by atoms with E-state index in [1.165, 1.54) is 6.07 Å². The maximum atomic E-state index is 14.4. The predicted molar refractivity (Wildman–Crippen MR) is 251 cm³/mol. The van der Waals surface area contributed by atoms with Crippen molar-refractivity contribution in [2.45, 2.75) is 0 Å². The largest absolute Gasteiger partial charge is 0.308 e. The Balaban J connectivity index is 1.13. The molecule has 4 heterocycles. The molecule has 0 spiro atoms. The van der Waals surface area contributed by atoms with Crippen LogP contribution in [0.5, 0.6) is 0 Å². The number of fused-ring (bicyclic) bond motifs is 7. The summed E-state index contributed by atoms with van der Waals surface area (Å²) in [6, 6.07) is 54.3. The molecule has 0 bridgehead atoms. The van der Waals surface area contributed by atoms with E-state index in [1.807, 2.05) is 61.4 Å². The van der Waals surface area contributed by atoms with E-state index in [-0.39, 0.29) is 5.82 Å². The molecule has 0 aliphatic carbocycles. The highest BCUT2D eigenvalue weighted by atomic mass is 19.1. The van der Waals surface area contributed by atoms with Crippen molar-refractivity contribution in [1.82, 2.24) is 19.5 Å². The standard InChI is InChI=1S/C55H32BFN4/c56-40-16-13-33-25-38(11-9-35(33)27-40)54-44-6-1-2-7-45(44)55(39-12-10-36-28-41(57)17-14-34(36)26-39)47-29-37(15-18-46(47)54)42-19-22-58-30-48(42)50-32-60-24-21-53(50)61-51-8-4-3-5-43(51)49-31-59-23-20-52(49)61/h1-32H. The highest BCUT2D eigenvalue weighted by Crippen LogP contribution is 2.47. The lowest BCUT2D eigenvalue weighted by Gasteiger charge is -2.20. The number of pyridine rings is 3. The minimum atomic E-state index is -0.247. The lowest BCUT2D eigenvalue weighted by molar-refractivity contribution is 0.630. The van der Waals surface area contributed by atoms with Gasteiger partial charge in [-0.1, -0.05) is 109 Å². The summed E-state index contributed by atoms with van der Waals surface area (Å²) in [5, 5.41) is 10.8. The Morgan fingerprint density at radius 2 is 0.967 bits per heavy atom. The van der Waals surface area contributed by atoms with Crippen LogP contribution in [-0.2, 0) is 0 Å². The molecule has 0 fully saturated rings. The molecule has 0 unspecified atom stereocenters. The Labute approximate surface area is 351 Å². The molecule has 61 heavy (non-hydrogen) atoms. The zero-order valence-corrected chi connectivity index (χ0v) is 32.7. The molecule has 12 rings (SSSR count). The van der Waals surface area contributed by atoms with E-state index in [1.54, 1.807) is 6.07 Å². The van der Waals surface area contributed by atoms with Crippen LogP contribution >= 0.6 is 0 Å². The smallest absolute Gasteiger partial charge is 0.123 e. The average molecular weight is 779 g/mol. The van der Waals surface area contributed by atoms with E-state index in [9.17, 15) is 4.39 Å². The third-order valence-corrected chi connectivity index (χ3v) is 12.2. The van der Waals surface area contributed by atoms with Crippen LogP contribution in [-0.4, -0.2) is 27.4 Å². The van der Waals surface area contributed by atoms with E-state index in [4.69, 9.17) is 12.8 Å². The van der Waals surface area contributed by atoms with Crippen LogP contribution < -0.4 is 5.46 Å². The molecule has 0 amide bonds. The van der Waals surface area contributed by atoms with Crippen molar-refractivity contribution in [3.05, 3.63) is 201 Å². The van der Waals surface area contributed by atoms with E-state index >= 15 is 0 Å². The molecular weight excluding hydrogens is 746 g/mol.